The van der Waals surface area contributed by atoms with Gasteiger partial charge < -0.3 is 20.1 Å². The van der Waals surface area contributed by atoms with Gasteiger partial charge in [-0.1, -0.05) is 31.5 Å². The minimum absolute atomic E-state index is 0.0106. The minimum Gasteiger partial charge on any atom is -0.488 e. The molecule has 3 aromatic carbocycles. The Bertz CT molecular complexity index is 2470. The summed E-state index contributed by atoms with van der Waals surface area (Å²) in [6.45, 7) is 4.62. The first-order valence-corrected chi connectivity index (χ1v) is 21.7. The molecule has 9 rings (SSSR count). The monoisotopic (exact) mass is 819 g/mol. The van der Waals surface area contributed by atoms with Crippen LogP contribution in [-0.4, -0.2) is 94.8 Å². The van der Waals surface area contributed by atoms with E-state index in [1.54, 1.807) is 52.4 Å². The number of nitrogens with zero attached hydrogens (tertiary/aromatic N) is 5. The van der Waals surface area contributed by atoms with Gasteiger partial charge >= 0.3 is 0 Å². The molecule has 15 nitrogen and oxygen atoms in total. The second-order valence-corrected chi connectivity index (χ2v) is 18.1. The van der Waals surface area contributed by atoms with Gasteiger partial charge in [-0.15, -0.1) is 0 Å². The number of imide groups is 1. The van der Waals surface area contributed by atoms with Crippen molar-refractivity contribution in [2.24, 2.45) is 0 Å². The Morgan fingerprint density at radius 3 is 2.54 bits per heavy atom. The molecule has 2 saturated heterocycles. The molecule has 1 saturated carbocycles. The number of hydrogen-bond donors (Lipinski definition) is 3. The van der Waals surface area contributed by atoms with E-state index in [-0.39, 0.29) is 46.0 Å². The van der Waals surface area contributed by atoms with Crippen LogP contribution in [0.25, 0.3) is 0 Å². The quantitative estimate of drug-likeness (QED) is 0.155. The van der Waals surface area contributed by atoms with Gasteiger partial charge in [0, 0.05) is 62.2 Å². The van der Waals surface area contributed by atoms with Crippen LogP contribution in [0.2, 0.25) is 0 Å². The molecule has 4 aliphatic heterocycles. The number of hydrogen-bond acceptors (Lipinski definition) is 12. The van der Waals surface area contributed by atoms with Crippen LogP contribution < -0.4 is 20.3 Å². The highest BCUT2D eigenvalue weighted by Crippen LogP contribution is 2.56. The van der Waals surface area contributed by atoms with E-state index < -0.39 is 33.3 Å². The Morgan fingerprint density at radius 1 is 1.00 bits per heavy atom. The normalized spacial score (nSPS) is 20.3. The zero-order chi connectivity index (χ0) is 41.1. The van der Waals surface area contributed by atoms with Crippen LogP contribution in [0.1, 0.15) is 78.9 Å². The summed E-state index contributed by atoms with van der Waals surface area (Å²) < 4.78 is 33.6. The molecule has 5 heterocycles. The molecule has 16 heteroatoms. The average Bonchev–Trinajstić information content (AvgIpc) is 3.90. The smallest absolute Gasteiger partial charge is 0.255 e. The van der Waals surface area contributed by atoms with E-state index in [4.69, 9.17) is 9.72 Å². The van der Waals surface area contributed by atoms with Crippen molar-refractivity contribution < 1.29 is 37.4 Å². The van der Waals surface area contributed by atoms with E-state index in [9.17, 15) is 32.7 Å². The Morgan fingerprint density at radius 2 is 1.80 bits per heavy atom. The fraction of sp³-hybridized carbons (Fsp3) is 0.395. The number of anilines is 3. The lowest BCUT2D eigenvalue weighted by atomic mass is 10.0. The van der Waals surface area contributed by atoms with Gasteiger partial charge in [0.15, 0.2) is 0 Å². The van der Waals surface area contributed by atoms with Gasteiger partial charge in [0.05, 0.1) is 21.3 Å². The highest BCUT2D eigenvalue weighted by Gasteiger charge is 2.60. The van der Waals surface area contributed by atoms with Crippen LogP contribution >= 0.6 is 0 Å². The fourth-order valence-electron chi connectivity index (χ4n) is 8.62. The lowest BCUT2D eigenvalue weighted by molar-refractivity contribution is -0.137. The number of amides is 4. The number of carbonyl (C=O) groups excluding carboxylic acids is 4. The molecule has 2 atom stereocenters. The summed E-state index contributed by atoms with van der Waals surface area (Å²) in [5, 5.41) is 15.8. The van der Waals surface area contributed by atoms with E-state index in [0.717, 1.165) is 36.0 Å². The predicted molar refractivity (Wildman–Crippen MR) is 215 cm³/mol. The van der Waals surface area contributed by atoms with Crippen molar-refractivity contribution in [3.63, 3.8) is 0 Å². The number of aliphatic hydroxyl groups is 1. The second-order valence-electron chi connectivity index (χ2n) is 16.2. The maximum Gasteiger partial charge on any atom is 0.255 e. The van der Waals surface area contributed by atoms with Gasteiger partial charge in [-0.2, -0.15) is 4.98 Å². The van der Waals surface area contributed by atoms with E-state index in [0.29, 0.717) is 74.8 Å². The van der Waals surface area contributed by atoms with Crippen molar-refractivity contribution in [2.45, 2.75) is 98.4 Å². The van der Waals surface area contributed by atoms with Gasteiger partial charge in [0.25, 0.3) is 5.91 Å². The molecular formula is C43H45N7O8S. The molecule has 1 unspecified atom stereocenters. The average molecular weight is 820 g/mol. The van der Waals surface area contributed by atoms with Gasteiger partial charge in [0.2, 0.25) is 33.5 Å². The van der Waals surface area contributed by atoms with Crippen molar-refractivity contribution in [3.8, 4) is 5.75 Å². The SMILES string of the molecule is CCC[C@@H](O)CCN1C(=O)C2(CC2)c2cnc(Nc3ccc(S(=O)(=O)c4cccc(OC5CN(Cc6ccc7c(c6)CN(C6CCC(=O)NC6=O)C7=O)C5)c4)cc3)nc21. The van der Waals surface area contributed by atoms with Crippen LogP contribution in [0.4, 0.5) is 17.5 Å². The number of sulfone groups is 1. The maximum absolute atomic E-state index is 13.7. The number of nitrogens with one attached hydrogen (secondary N) is 2. The number of ether oxygens (including phenoxy) is 1. The topological polar surface area (TPSA) is 191 Å². The van der Waals surface area contributed by atoms with Crippen LogP contribution in [0.15, 0.2) is 82.7 Å². The summed E-state index contributed by atoms with van der Waals surface area (Å²) in [5.41, 5.74) is 3.30. The molecule has 3 fully saturated rings. The molecule has 5 aliphatic rings. The number of benzene rings is 3. The third-order valence-electron chi connectivity index (χ3n) is 12.0. The molecule has 1 spiro atoms. The third-order valence-corrected chi connectivity index (χ3v) is 13.8. The van der Waals surface area contributed by atoms with E-state index >= 15 is 0 Å². The summed E-state index contributed by atoms with van der Waals surface area (Å²) in [6.07, 6.45) is 5.12. The van der Waals surface area contributed by atoms with Crippen LogP contribution in [0.3, 0.4) is 0 Å². The number of likely N-dealkylation sites (tertiary alicyclic amines) is 1. The standard InChI is InChI=1S/C43H45N7O8S/c1-2-4-29(51)15-18-49-38-35(43(16-17-43)41(49)55)21-44-42(47-38)45-28-8-10-32(11-9-28)59(56,57)33-6-3-5-30(20-33)58-31-24-48(25-31)22-26-7-12-34-27(19-26)23-50(40(34)54)36-13-14-37(52)46-39(36)53/h3,5-12,19-21,29,31,36,51H,2,4,13-18,22-25H2,1H3,(H,44,45,47)(H,46,52,53)/t29-,36?/m1/s1. The third kappa shape index (κ3) is 7.33. The maximum atomic E-state index is 13.7. The molecule has 0 radical (unpaired) electrons. The predicted octanol–water partition coefficient (Wildman–Crippen LogP) is 4.01. The minimum atomic E-state index is -3.88. The van der Waals surface area contributed by atoms with Crippen molar-refractivity contribution in [3.05, 3.63) is 95.2 Å². The van der Waals surface area contributed by atoms with Gasteiger partial charge in [-0.3, -0.25) is 34.3 Å². The molecule has 4 amide bonds. The first-order chi connectivity index (χ1) is 28.4. The molecule has 4 aromatic rings. The lowest BCUT2D eigenvalue weighted by Gasteiger charge is -2.39. The van der Waals surface area contributed by atoms with Crippen LogP contribution in [0, 0.1) is 0 Å². The number of rotatable bonds is 14. The van der Waals surface area contributed by atoms with Crippen LogP contribution in [-0.2, 0) is 42.7 Å². The Balaban J connectivity index is 0.795. The number of piperidine rings is 1. The second kappa shape index (κ2) is 15.1. The van der Waals surface area contributed by atoms with Crippen molar-refractivity contribution >= 4 is 50.9 Å². The van der Waals surface area contributed by atoms with Crippen LogP contribution in [0.5, 0.6) is 5.75 Å². The zero-order valence-electron chi connectivity index (χ0n) is 32.6. The molecule has 59 heavy (non-hydrogen) atoms. The summed E-state index contributed by atoms with van der Waals surface area (Å²) in [4.78, 5) is 65.2. The number of carbonyl (C=O) groups is 4. The highest BCUT2D eigenvalue weighted by molar-refractivity contribution is 7.91. The summed E-state index contributed by atoms with van der Waals surface area (Å²) >= 11 is 0. The van der Waals surface area contributed by atoms with E-state index in [1.165, 1.54) is 18.2 Å². The molecule has 3 N–H and O–H groups in total. The first-order valence-electron chi connectivity index (χ1n) is 20.2. The molecular weight excluding hydrogens is 775 g/mol. The number of fused-ring (bicyclic) bond motifs is 3. The van der Waals surface area contributed by atoms with Crippen molar-refractivity contribution in [1.29, 1.82) is 0 Å². The summed E-state index contributed by atoms with van der Waals surface area (Å²) in [7, 11) is -3.88. The Hall–Kier alpha value is -5.71. The van der Waals surface area contributed by atoms with Gasteiger partial charge in [-0.05, 0) is 91.8 Å². The van der Waals surface area contributed by atoms with E-state index in [2.05, 4.69) is 20.5 Å². The summed E-state index contributed by atoms with van der Waals surface area (Å²) in [6, 6.07) is 17.9. The zero-order valence-corrected chi connectivity index (χ0v) is 33.4. The van der Waals surface area contributed by atoms with Gasteiger partial charge in [-0.25, -0.2) is 13.4 Å². The first kappa shape index (κ1) is 38.8. The van der Waals surface area contributed by atoms with Gasteiger partial charge in [0.1, 0.15) is 23.7 Å². The van der Waals surface area contributed by atoms with Crippen molar-refractivity contribution in [1.82, 2.24) is 25.1 Å². The molecule has 0 bridgehead atoms. The Kier molecular flexibility index (Phi) is 9.96. The highest BCUT2D eigenvalue weighted by atomic mass is 32.2. The largest absolute Gasteiger partial charge is 0.488 e. The Labute approximate surface area is 341 Å². The molecule has 1 aromatic heterocycles. The fourth-order valence-corrected chi connectivity index (χ4v) is 9.91. The van der Waals surface area contributed by atoms with Crippen molar-refractivity contribution in [2.75, 3.05) is 29.9 Å². The number of aromatic nitrogens is 2. The van der Waals surface area contributed by atoms with E-state index in [1.807, 2.05) is 19.1 Å². The molecule has 306 valence electrons. The molecule has 1 aliphatic carbocycles. The summed E-state index contributed by atoms with van der Waals surface area (Å²) in [5.74, 6) is 0.354. The lowest BCUT2D eigenvalue weighted by Crippen LogP contribution is -2.53. The number of aliphatic hydroxyl groups excluding tert-OH is 1.